The van der Waals surface area contributed by atoms with Gasteiger partial charge in [0.05, 0.1) is 24.7 Å². The van der Waals surface area contributed by atoms with E-state index in [0.29, 0.717) is 29.9 Å². The van der Waals surface area contributed by atoms with E-state index in [4.69, 9.17) is 9.15 Å². The largest absolute Gasteiger partial charge is 0.494 e. The molecule has 3 heterocycles. The SMILES string of the molecule is CCOc1ccc(-n2c(SC(C)C(=O)NCc3ccco3)nnc2-c2ccncc2)cc1. The first-order valence-corrected chi connectivity index (χ1v) is 11.1. The van der Waals surface area contributed by atoms with Gasteiger partial charge >= 0.3 is 0 Å². The van der Waals surface area contributed by atoms with E-state index in [2.05, 4.69) is 20.5 Å². The summed E-state index contributed by atoms with van der Waals surface area (Å²) in [6.07, 6.45) is 5.01. The third-order valence-electron chi connectivity index (χ3n) is 4.65. The average Bonchev–Trinajstić information content (AvgIpc) is 3.49. The van der Waals surface area contributed by atoms with Crippen molar-refractivity contribution in [3.63, 3.8) is 0 Å². The molecular weight excluding hydrogens is 426 g/mol. The number of thioether (sulfide) groups is 1. The van der Waals surface area contributed by atoms with Gasteiger partial charge in [0.25, 0.3) is 0 Å². The van der Waals surface area contributed by atoms with Crippen LogP contribution in [0.25, 0.3) is 17.1 Å². The van der Waals surface area contributed by atoms with E-state index in [9.17, 15) is 4.79 Å². The van der Waals surface area contributed by atoms with Crippen LogP contribution in [0.4, 0.5) is 0 Å². The number of hydrogen-bond donors (Lipinski definition) is 1. The molecular formula is C23H23N5O3S. The summed E-state index contributed by atoms with van der Waals surface area (Å²) in [4.78, 5) is 16.7. The van der Waals surface area contributed by atoms with Crippen LogP contribution in [0.1, 0.15) is 19.6 Å². The van der Waals surface area contributed by atoms with Gasteiger partial charge in [0.2, 0.25) is 5.91 Å². The van der Waals surface area contributed by atoms with Crippen molar-refractivity contribution in [2.24, 2.45) is 0 Å². The van der Waals surface area contributed by atoms with Crippen LogP contribution in [0.3, 0.4) is 0 Å². The van der Waals surface area contributed by atoms with Crippen molar-refractivity contribution in [2.75, 3.05) is 6.61 Å². The minimum absolute atomic E-state index is 0.113. The molecule has 0 radical (unpaired) electrons. The van der Waals surface area contributed by atoms with Crippen molar-refractivity contribution in [1.29, 1.82) is 0 Å². The second-order valence-corrected chi connectivity index (χ2v) is 8.17. The number of pyridine rings is 1. The van der Waals surface area contributed by atoms with Crippen molar-refractivity contribution in [3.05, 3.63) is 72.9 Å². The lowest BCUT2D eigenvalue weighted by atomic mass is 10.2. The van der Waals surface area contributed by atoms with E-state index in [0.717, 1.165) is 17.0 Å². The summed E-state index contributed by atoms with van der Waals surface area (Å²) in [7, 11) is 0. The third-order valence-corrected chi connectivity index (χ3v) is 5.69. The lowest BCUT2D eigenvalue weighted by Crippen LogP contribution is -2.30. The molecule has 0 fully saturated rings. The van der Waals surface area contributed by atoms with Crippen LogP contribution in [-0.4, -0.2) is 37.5 Å². The number of ether oxygens (including phenoxy) is 1. The number of nitrogens with one attached hydrogen (secondary N) is 1. The summed E-state index contributed by atoms with van der Waals surface area (Å²) < 4.78 is 12.8. The number of aromatic nitrogens is 4. The Hall–Kier alpha value is -3.59. The summed E-state index contributed by atoms with van der Waals surface area (Å²) in [6.45, 7) is 4.72. The predicted molar refractivity (Wildman–Crippen MR) is 122 cm³/mol. The van der Waals surface area contributed by atoms with Crippen LogP contribution in [-0.2, 0) is 11.3 Å². The number of carbonyl (C=O) groups is 1. The Morgan fingerprint density at radius 3 is 2.62 bits per heavy atom. The molecule has 0 saturated heterocycles. The van der Waals surface area contributed by atoms with Gasteiger partial charge in [-0.3, -0.25) is 14.3 Å². The van der Waals surface area contributed by atoms with E-state index in [1.165, 1.54) is 11.8 Å². The van der Waals surface area contributed by atoms with E-state index < -0.39 is 0 Å². The summed E-state index contributed by atoms with van der Waals surface area (Å²) in [5, 5.41) is 11.9. The quantitative estimate of drug-likeness (QED) is 0.384. The van der Waals surface area contributed by atoms with Crippen molar-refractivity contribution < 1.29 is 13.9 Å². The van der Waals surface area contributed by atoms with Crippen molar-refractivity contribution in [1.82, 2.24) is 25.1 Å². The first-order chi connectivity index (χ1) is 15.7. The van der Waals surface area contributed by atoms with Crippen LogP contribution in [0.15, 0.2) is 76.8 Å². The number of nitrogens with zero attached hydrogens (tertiary/aromatic N) is 4. The Morgan fingerprint density at radius 1 is 1.16 bits per heavy atom. The van der Waals surface area contributed by atoms with Crippen LogP contribution >= 0.6 is 11.8 Å². The van der Waals surface area contributed by atoms with Crippen LogP contribution in [0.2, 0.25) is 0 Å². The molecule has 0 bridgehead atoms. The van der Waals surface area contributed by atoms with Crippen molar-refractivity contribution in [2.45, 2.75) is 30.8 Å². The zero-order chi connectivity index (χ0) is 22.3. The maximum absolute atomic E-state index is 12.6. The normalized spacial score (nSPS) is 11.8. The van der Waals surface area contributed by atoms with Gasteiger partial charge in [0.15, 0.2) is 11.0 Å². The second-order valence-electron chi connectivity index (χ2n) is 6.86. The zero-order valence-electron chi connectivity index (χ0n) is 17.8. The predicted octanol–water partition coefficient (Wildman–Crippen LogP) is 4.12. The van der Waals surface area contributed by atoms with E-state index >= 15 is 0 Å². The number of benzene rings is 1. The number of amides is 1. The summed E-state index contributed by atoms with van der Waals surface area (Å²) in [5.41, 5.74) is 1.75. The van der Waals surface area contributed by atoms with Gasteiger partial charge in [0.1, 0.15) is 11.5 Å². The smallest absolute Gasteiger partial charge is 0.233 e. The molecule has 3 aromatic heterocycles. The molecule has 4 aromatic rings. The first-order valence-electron chi connectivity index (χ1n) is 10.2. The summed E-state index contributed by atoms with van der Waals surface area (Å²) in [6, 6.07) is 15.1. The third kappa shape index (κ3) is 5.00. The fourth-order valence-electron chi connectivity index (χ4n) is 3.07. The minimum Gasteiger partial charge on any atom is -0.494 e. The molecule has 4 rings (SSSR count). The highest BCUT2D eigenvalue weighted by Gasteiger charge is 2.22. The summed E-state index contributed by atoms with van der Waals surface area (Å²) in [5.74, 6) is 2.04. The highest BCUT2D eigenvalue weighted by atomic mass is 32.2. The molecule has 0 aliphatic rings. The second kappa shape index (κ2) is 10.1. The van der Waals surface area contributed by atoms with Crippen molar-refractivity contribution >= 4 is 17.7 Å². The zero-order valence-corrected chi connectivity index (χ0v) is 18.6. The molecule has 0 saturated carbocycles. The Morgan fingerprint density at radius 2 is 1.94 bits per heavy atom. The minimum atomic E-state index is -0.388. The highest BCUT2D eigenvalue weighted by Crippen LogP contribution is 2.30. The lowest BCUT2D eigenvalue weighted by molar-refractivity contribution is -0.120. The van der Waals surface area contributed by atoms with Gasteiger partial charge in [-0.1, -0.05) is 11.8 Å². The molecule has 9 heteroatoms. The van der Waals surface area contributed by atoms with Gasteiger partial charge in [-0.05, 0) is 62.4 Å². The molecule has 1 N–H and O–H groups in total. The average molecular weight is 450 g/mol. The molecule has 1 amide bonds. The van der Waals surface area contributed by atoms with Crippen molar-refractivity contribution in [3.8, 4) is 22.8 Å². The van der Waals surface area contributed by atoms with E-state index in [-0.39, 0.29) is 11.2 Å². The molecule has 164 valence electrons. The Labute approximate surface area is 190 Å². The van der Waals surface area contributed by atoms with E-state index in [1.54, 1.807) is 24.7 Å². The van der Waals surface area contributed by atoms with Gasteiger partial charge in [-0.15, -0.1) is 10.2 Å². The van der Waals surface area contributed by atoms with Crippen LogP contribution < -0.4 is 10.1 Å². The lowest BCUT2D eigenvalue weighted by Gasteiger charge is -2.14. The highest BCUT2D eigenvalue weighted by molar-refractivity contribution is 8.00. The monoisotopic (exact) mass is 449 g/mol. The Balaban J connectivity index is 1.60. The molecule has 0 spiro atoms. The van der Waals surface area contributed by atoms with Gasteiger partial charge in [-0.2, -0.15) is 0 Å². The molecule has 0 aliphatic heterocycles. The van der Waals surface area contributed by atoms with E-state index in [1.807, 2.05) is 60.9 Å². The fraction of sp³-hybridized carbons (Fsp3) is 0.217. The van der Waals surface area contributed by atoms with Crippen LogP contribution in [0.5, 0.6) is 5.75 Å². The van der Waals surface area contributed by atoms with Crippen LogP contribution in [0, 0.1) is 0 Å². The van der Waals surface area contributed by atoms with Gasteiger partial charge in [-0.25, -0.2) is 0 Å². The Bertz CT molecular complexity index is 1140. The van der Waals surface area contributed by atoms with Gasteiger partial charge < -0.3 is 14.5 Å². The fourth-order valence-corrected chi connectivity index (χ4v) is 3.96. The number of carbonyl (C=O) groups excluding carboxylic acids is 1. The standard InChI is InChI=1S/C23H23N5O3S/c1-3-30-19-8-6-18(7-9-19)28-21(17-10-12-24-13-11-17)26-27-23(28)32-16(2)22(29)25-15-20-5-4-14-31-20/h4-14,16H,3,15H2,1-2H3,(H,25,29). The maximum atomic E-state index is 12.6. The molecule has 8 nitrogen and oxygen atoms in total. The molecule has 32 heavy (non-hydrogen) atoms. The molecule has 1 unspecified atom stereocenters. The first kappa shape index (κ1) is 21.6. The molecule has 1 atom stereocenters. The maximum Gasteiger partial charge on any atom is 0.233 e. The Kier molecular flexibility index (Phi) is 6.86. The van der Waals surface area contributed by atoms with Gasteiger partial charge in [0, 0.05) is 23.6 Å². The number of rotatable bonds is 9. The number of hydrogen-bond acceptors (Lipinski definition) is 7. The summed E-state index contributed by atoms with van der Waals surface area (Å²) >= 11 is 1.34. The molecule has 1 aromatic carbocycles. The topological polar surface area (TPSA) is 95.1 Å². The number of furan rings is 1. The molecule has 0 aliphatic carbocycles.